The molecule has 0 aromatic carbocycles. The van der Waals surface area contributed by atoms with Gasteiger partial charge in [0.15, 0.2) is 5.79 Å². The number of ether oxygens (including phenoxy) is 2. The molecule has 0 aromatic rings. The van der Waals surface area contributed by atoms with Crippen molar-refractivity contribution in [2.24, 2.45) is 0 Å². The molecule has 13 heavy (non-hydrogen) atoms. The van der Waals surface area contributed by atoms with Gasteiger partial charge in [-0.2, -0.15) is 0 Å². The van der Waals surface area contributed by atoms with Gasteiger partial charge in [0.05, 0.1) is 12.7 Å². The Balaban J connectivity index is 2.15. The highest BCUT2D eigenvalue weighted by Crippen LogP contribution is 2.34. The molecule has 2 aliphatic rings. The summed E-state index contributed by atoms with van der Waals surface area (Å²) in [6.45, 7) is 2.65. The molecule has 3 heteroatoms. The van der Waals surface area contributed by atoms with E-state index in [0.717, 1.165) is 19.3 Å². The molecular weight excluding hydrogens is 168 g/mol. The maximum absolute atomic E-state index is 9.77. The van der Waals surface area contributed by atoms with Gasteiger partial charge in [0, 0.05) is 6.42 Å². The van der Waals surface area contributed by atoms with Crippen LogP contribution in [0.3, 0.4) is 0 Å². The summed E-state index contributed by atoms with van der Waals surface area (Å²) in [5.74, 6) is -0.744. The fraction of sp³-hybridized carbons (Fsp3) is 0.800. The van der Waals surface area contributed by atoms with Gasteiger partial charge in [-0.15, -0.1) is 0 Å². The van der Waals surface area contributed by atoms with Crippen LogP contribution in [-0.2, 0) is 9.47 Å². The quantitative estimate of drug-likeness (QED) is 0.575. The van der Waals surface area contributed by atoms with Crippen LogP contribution in [0.5, 0.6) is 0 Å². The molecule has 1 saturated heterocycles. The first-order valence-corrected chi connectivity index (χ1v) is 4.91. The van der Waals surface area contributed by atoms with Gasteiger partial charge < -0.3 is 14.6 Å². The highest BCUT2D eigenvalue weighted by atomic mass is 16.7. The lowest BCUT2D eigenvalue weighted by Crippen LogP contribution is -2.52. The molecule has 0 aliphatic carbocycles. The lowest BCUT2D eigenvalue weighted by atomic mass is 9.97. The summed E-state index contributed by atoms with van der Waals surface area (Å²) in [6, 6.07) is 0. The highest BCUT2D eigenvalue weighted by molar-refractivity contribution is 5.05. The van der Waals surface area contributed by atoms with E-state index < -0.39 is 11.9 Å². The van der Waals surface area contributed by atoms with Crippen LogP contribution in [0, 0.1) is 0 Å². The smallest absolute Gasteiger partial charge is 0.198 e. The minimum atomic E-state index is -0.744. The van der Waals surface area contributed by atoms with Gasteiger partial charge in [0.1, 0.15) is 6.10 Å². The van der Waals surface area contributed by atoms with Gasteiger partial charge in [0.25, 0.3) is 0 Å². The van der Waals surface area contributed by atoms with Crippen molar-refractivity contribution in [3.63, 3.8) is 0 Å². The third-order valence-electron chi connectivity index (χ3n) is 2.67. The first kappa shape index (κ1) is 9.19. The fourth-order valence-electron chi connectivity index (χ4n) is 1.95. The molecule has 1 N–H and O–H groups in total. The Morgan fingerprint density at radius 3 is 2.92 bits per heavy atom. The van der Waals surface area contributed by atoms with Crippen molar-refractivity contribution in [1.82, 2.24) is 0 Å². The summed E-state index contributed by atoms with van der Waals surface area (Å²) in [5.41, 5.74) is 0. The lowest BCUT2D eigenvalue weighted by molar-refractivity contribution is -0.303. The normalized spacial score (nSPS) is 45.4. The molecule has 2 heterocycles. The van der Waals surface area contributed by atoms with Crippen LogP contribution in [0.15, 0.2) is 12.2 Å². The van der Waals surface area contributed by atoms with Gasteiger partial charge in [0.2, 0.25) is 0 Å². The summed E-state index contributed by atoms with van der Waals surface area (Å²) < 4.78 is 11.2. The van der Waals surface area contributed by atoms with E-state index >= 15 is 0 Å². The Morgan fingerprint density at radius 1 is 1.38 bits per heavy atom. The van der Waals surface area contributed by atoms with E-state index in [4.69, 9.17) is 9.47 Å². The van der Waals surface area contributed by atoms with E-state index in [-0.39, 0.29) is 6.10 Å². The van der Waals surface area contributed by atoms with Crippen LogP contribution < -0.4 is 0 Å². The Hall–Kier alpha value is -0.380. The molecule has 1 fully saturated rings. The lowest BCUT2D eigenvalue weighted by Gasteiger charge is -2.43. The van der Waals surface area contributed by atoms with E-state index in [2.05, 4.69) is 0 Å². The molecule has 74 valence electrons. The zero-order chi connectivity index (χ0) is 9.31. The molecule has 3 nitrogen and oxygen atoms in total. The molecule has 0 amide bonds. The number of aliphatic hydroxyl groups excluding tert-OH is 1. The van der Waals surface area contributed by atoms with E-state index in [1.54, 1.807) is 6.08 Å². The van der Waals surface area contributed by atoms with E-state index in [1.807, 2.05) is 13.0 Å². The van der Waals surface area contributed by atoms with E-state index in [9.17, 15) is 5.11 Å². The molecule has 0 aromatic heterocycles. The maximum atomic E-state index is 9.77. The summed E-state index contributed by atoms with van der Waals surface area (Å²) in [7, 11) is 0. The average molecular weight is 184 g/mol. The first-order valence-electron chi connectivity index (χ1n) is 4.91. The van der Waals surface area contributed by atoms with Crippen LogP contribution in [0.25, 0.3) is 0 Å². The Bertz CT molecular complexity index is 206. The molecule has 0 unspecified atom stereocenters. The van der Waals surface area contributed by atoms with Gasteiger partial charge in [-0.1, -0.05) is 12.2 Å². The van der Waals surface area contributed by atoms with Crippen molar-refractivity contribution in [3.05, 3.63) is 12.2 Å². The van der Waals surface area contributed by atoms with Crippen molar-refractivity contribution in [2.45, 2.75) is 44.2 Å². The predicted octanol–water partition coefficient (Wildman–Crippen LogP) is 1.22. The minimum Gasteiger partial charge on any atom is -0.383 e. The second kappa shape index (κ2) is 3.40. The van der Waals surface area contributed by atoms with Crippen LogP contribution in [-0.4, -0.2) is 29.7 Å². The summed E-state index contributed by atoms with van der Waals surface area (Å²) in [6.07, 6.45) is 6.01. The number of hydrogen-bond donors (Lipinski definition) is 1. The third-order valence-corrected chi connectivity index (χ3v) is 2.67. The van der Waals surface area contributed by atoms with Crippen molar-refractivity contribution in [2.75, 3.05) is 6.61 Å². The second-order valence-corrected chi connectivity index (χ2v) is 3.77. The third kappa shape index (κ3) is 1.64. The molecule has 0 bridgehead atoms. The van der Waals surface area contributed by atoms with E-state index in [1.165, 1.54) is 0 Å². The molecule has 2 aliphatic heterocycles. The number of aliphatic hydroxyl groups is 1. The van der Waals surface area contributed by atoms with Gasteiger partial charge in [-0.3, -0.25) is 0 Å². The van der Waals surface area contributed by atoms with Crippen molar-refractivity contribution < 1.29 is 14.6 Å². The van der Waals surface area contributed by atoms with Gasteiger partial charge in [-0.25, -0.2) is 0 Å². The number of hydrogen-bond acceptors (Lipinski definition) is 3. The van der Waals surface area contributed by atoms with Crippen LogP contribution in [0.2, 0.25) is 0 Å². The molecule has 2 rings (SSSR count). The molecule has 1 spiro atoms. The van der Waals surface area contributed by atoms with Crippen molar-refractivity contribution in [1.29, 1.82) is 0 Å². The fourth-order valence-corrected chi connectivity index (χ4v) is 1.95. The minimum absolute atomic E-state index is 0.0431. The molecule has 0 saturated carbocycles. The maximum Gasteiger partial charge on any atom is 0.198 e. The van der Waals surface area contributed by atoms with Crippen LogP contribution >= 0.6 is 0 Å². The van der Waals surface area contributed by atoms with Gasteiger partial charge in [-0.05, 0) is 19.8 Å². The monoisotopic (exact) mass is 184 g/mol. The second-order valence-electron chi connectivity index (χ2n) is 3.77. The van der Waals surface area contributed by atoms with Crippen molar-refractivity contribution in [3.8, 4) is 0 Å². The molecule has 3 atom stereocenters. The van der Waals surface area contributed by atoms with E-state index in [0.29, 0.717) is 6.61 Å². The van der Waals surface area contributed by atoms with Gasteiger partial charge >= 0.3 is 0 Å². The number of rotatable bonds is 0. The zero-order valence-electron chi connectivity index (χ0n) is 7.90. The average Bonchev–Trinajstić information content (AvgIpc) is 2.14. The summed E-state index contributed by atoms with van der Waals surface area (Å²) in [5, 5.41) is 9.77. The molecule has 0 radical (unpaired) electrons. The SMILES string of the molecule is C[C@H]1C=C[C@@H](O)[C@]2(CCCCO2)O1. The molecular formula is C10H16O3. The predicted molar refractivity (Wildman–Crippen MR) is 48.2 cm³/mol. The Labute approximate surface area is 78.3 Å². The summed E-state index contributed by atoms with van der Waals surface area (Å²) >= 11 is 0. The van der Waals surface area contributed by atoms with Crippen LogP contribution in [0.4, 0.5) is 0 Å². The highest BCUT2D eigenvalue weighted by Gasteiger charge is 2.43. The topological polar surface area (TPSA) is 38.7 Å². The van der Waals surface area contributed by atoms with Crippen molar-refractivity contribution >= 4 is 0 Å². The Kier molecular flexibility index (Phi) is 2.41. The summed E-state index contributed by atoms with van der Waals surface area (Å²) in [4.78, 5) is 0. The first-order chi connectivity index (χ1) is 6.23. The largest absolute Gasteiger partial charge is 0.383 e. The van der Waals surface area contributed by atoms with Crippen LogP contribution in [0.1, 0.15) is 26.2 Å². The standard InChI is InChI=1S/C10H16O3/c1-8-4-5-9(11)10(13-8)6-2-3-7-12-10/h4-5,8-9,11H,2-3,6-7H2,1H3/t8-,9+,10-/m0/s1. The Morgan fingerprint density at radius 2 is 2.23 bits per heavy atom. The zero-order valence-corrected chi connectivity index (χ0v) is 7.90.